The highest BCUT2D eigenvalue weighted by Crippen LogP contribution is 2.30. The van der Waals surface area contributed by atoms with E-state index in [1.165, 1.54) is 12.1 Å². The maximum absolute atomic E-state index is 13.2. The second-order valence-corrected chi connectivity index (χ2v) is 7.63. The summed E-state index contributed by atoms with van der Waals surface area (Å²) in [4.78, 5) is 10.1. The second kappa shape index (κ2) is 10.7. The second-order valence-electron chi connectivity index (χ2n) is 6.69. The van der Waals surface area contributed by atoms with E-state index in [0.29, 0.717) is 30.6 Å². The Labute approximate surface area is 193 Å². The van der Waals surface area contributed by atoms with Crippen molar-refractivity contribution >= 4 is 41.3 Å². The number of aromatic nitrogens is 1. The Bertz CT molecular complexity index is 844. The van der Waals surface area contributed by atoms with Crippen molar-refractivity contribution < 1.29 is 22.3 Å². The van der Waals surface area contributed by atoms with Crippen LogP contribution in [0, 0.1) is 5.82 Å². The van der Waals surface area contributed by atoms with E-state index in [9.17, 15) is 17.6 Å². The van der Waals surface area contributed by atoms with Crippen molar-refractivity contribution in [2.24, 2.45) is 4.99 Å². The number of guanidine groups is 1. The van der Waals surface area contributed by atoms with E-state index >= 15 is 0 Å². The van der Waals surface area contributed by atoms with Gasteiger partial charge in [0, 0.05) is 18.5 Å². The molecule has 1 N–H and O–H groups in total. The number of aliphatic imine (C=N–C) groups is 1. The Kier molecular flexibility index (Phi) is 8.85. The van der Waals surface area contributed by atoms with E-state index in [-0.39, 0.29) is 48.5 Å². The molecule has 0 aliphatic carbocycles. The predicted octanol–water partition coefficient (Wildman–Crippen LogP) is 4.85. The molecule has 2 aromatic rings. The molecule has 166 valence electrons. The first-order chi connectivity index (χ1) is 13.8. The summed E-state index contributed by atoms with van der Waals surface area (Å²) in [5.41, 5.74) is -0.0392. The molecule has 5 nitrogen and oxygen atoms in total. The van der Waals surface area contributed by atoms with Crippen LogP contribution in [0.1, 0.15) is 36.2 Å². The van der Waals surface area contributed by atoms with Gasteiger partial charge in [-0.1, -0.05) is 12.1 Å². The lowest BCUT2D eigenvalue weighted by Crippen LogP contribution is -2.50. The molecule has 1 aromatic carbocycles. The number of hydrogen-bond acceptors (Lipinski definition) is 4. The van der Waals surface area contributed by atoms with E-state index in [1.54, 1.807) is 12.1 Å². The standard InChI is InChI=1S/C19H22F4N4OS.HI/c1-3-24-18(25-8-17-26-16(11-29-17)19(21,22)23)27-9-12(2)28-15(10-27)13-4-6-14(20)7-5-13;/h4-7,11-12,15H,3,8-10H2,1-2H3,(H,24,25);1H. The summed E-state index contributed by atoms with van der Waals surface area (Å²) in [5.74, 6) is 0.268. The molecule has 0 radical (unpaired) electrons. The first-order valence-electron chi connectivity index (χ1n) is 9.22. The molecule has 2 heterocycles. The van der Waals surface area contributed by atoms with Crippen LogP contribution in [0.25, 0.3) is 0 Å². The summed E-state index contributed by atoms with van der Waals surface area (Å²) in [7, 11) is 0. The van der Waals surface area contributed by atoms with Gasteiger partial charge < -0.3 is 15.0 Å². The number of nitrogens with zero attached hydrogens (tertiary/aromatic N) is 3. The predicted molar refractivity (Wildman–Crippen MR) is 119 cm³/mol. The van der Waals surface area contributed by atoms with E-state index in [0.717, 1.165) is 22.3 Å². The third-order valence-corrected chi connectivity index (χ3v) is 5.18. The Morgan fingerprint density at radius 3 is 2.60 bits per heavy atom. The van der Waals surface area contributed by atoms with Crippen LogP contribution in [0.5, 0.6) is 0 Å². The molecule has 0 saturated carbocycles. The number of morpholine rings is 1. The molecule has 3 rings (SSSR count). The van der Waals surface area contributed by atoms with E-state index < -0.39 is 11.9 Å². The molecule has 0 bridgehead atoms. The van der Waals surface area contributed by atoms with Crippen LogP contribution in [0.15, 0.2) is 34.6 Å². The van der Waals surface area contributed by atoms with Crippen LogP contribution >= 0.6 is 35.3 Å². The van der Waals surface area contributed by atoms with Crippen molar-refractivity contribution in [3.05, 3.63) is 51.7 Å². The maximum Gasteiger partial charge on any atom is 0.434 e. The summed E-state index contributed by atoms with van der Waals surface area (Å²) in [6.45, 7) is 5.58. The molecule has 2 atom stereocenters. The maximum atomic E-state index is 13.2. The fourth-order valence-electron chi connectivity index (χ4n) is 3.07. The van der Waals surface area contributed by atoms with Gasteiger partial charge in [0.2, 0.25) is 0 Å². The van der Waals surface area contributed by atoms with Crippen LogP contribution in [0.4, 0.5) is 17.6 Å². The van der Waals surface area contributed by atoms with E-state index in [1.807, 2.05) is 18.7 Å². The van der Waals surface area contributed by atoms with E-state index in [4.69, 9.17) is 4.74 Å². The lowest BCUT2D eigenvalue weighted by atomic mass is 10.1. The average molecular weight is 558 g/mol. The van der Waals surface area contributed by atoms with Crippen LogP contribution in [-0.4, -0.2) is 41.6 Å². The summed E-state index contributed by atoms with van der Waals surface area (Å²) < 4.78 is 57.4. The van der Waals surface area contributed by atoms with Gasteiger partial charge in [-0.3, -0.25) is 0 Å². The SMILES string of the molecule is CCNC(=NCc1nc(C(F)(F)F)cs1)N1CC(C)OC(c2ccc(F)cc2)C1.I. The average Bonchev–Trinajstić information content (AvgIpc) is 3.15. The van der Waals surface area contributed by atoms with Gasteiger partial charge in [-0.25, -0.2) is 14.4 Å². The number of ether oxygens (including phenoxy) is 1. The quantitative estimate of drug-likeness (QED) is 0.253. The third-order valence-electron chi connectivity index (χ3n) is 4.34. The molecule has 0 spiro atoms. The molecule has 11 heteroatoms. The minimum absolute atomic E-state index is 0. The first-order valence-corrected chi connectivity index (χ1v) is 10.1. The summed E-state index contributed by atoms with van der Waals surface area (Å²) in [6, 6.07) is 6.16. The smallest absolute Gasteiger partial charge is 0.367 e. The highest BCUT2D eigenvalue weighted by Gasteiger charge is 2.33. The minimum Gasteiger partial charge on any atom is -0.367 e. The van der Waals surface area contributed by atoms with Crippen LogP contribution in [-0.2, 0) is 17.5 Å². The number of benzene rings is 1. The number of hydrogen-bond donors (Lipinski definition) is 1. The van der Waals surface area contributed by atoms with E-state index in [2.05, 4.69) is 15.3 Å². The third kappa shape index (κ3) is 6.51. The highest BCUT2D eigenvalue weighted by molar-refractivity contribution is 14.0. The van der Waals surface area contributed by atoms with Crippen molar-refractivity contribution in [2.75, 3.05) is 19.6 Å². The van der Waals surface area contributed by atoms with Gasteiger partial charge in [0.15, 0.2) is 11.7 Å². The first kappa shape index (κ1) is 24.8. The molecule has 1 aromatic heterocycles. The fraction of sp³-hybridized carbons (Fsp3) is 0.474. The van der Waals surface area contributed by atoms with Gasteiger partial charge >= 0.3 is 6.18 Å². The van der Waals surface area contributed by atoms with Crippen LogP contribution in [0.2, 0.25) is 0 Å². The van der Waals surface area contributed by atoms with Crippen molar-refractivity contribution in [1.29, 1.82) is 0 Å². The Balaban J connectivity index is 0.00000320. The molecule has 1 fully saturated rings. The summed E-state index contributed by atoms with van der Waals surface area (Å²) in [6.07, 6.45) is -4.82. The molecular weight excluding hydrogens is 535 g/mol. The lowest BCUT2D eigenvalue weighted by molar-refractivity contribution is -0.140. The Morgan fingerprint density at radius 1 is 1.30 bits per heavy atom. The number of thiazole rings is 1. The number of rotatable bonds is 4. The van der Waals surface area contributed by atoms with Crippen molar-refractivity contribution in [3.8, 4) is 0 Å². The minimum atomic E-state index is -4.45. The molecule has 1 saturated heterocycles. The van der Waals surface area contributed by atoms with Gasteiger partial charge in [-0.15, -0.1) is 35.3 Å². The van der Waals surface area contributed by atoms with Gasteiger partial charge in [-0.05, 0) is 31.5 Å². The van der Waals surface area contributed by atoms with Crippen molar-refractivity contribution in [1.82, 2.24) is 15.2 Å². The molecule has 0 amide bonds. The van der Waals surface area contributed by atoms with Crippen molar-refractivity contribution in [2.45, 2.75) is 38.8 Å². The van der Waals surface area contributed by atoms with Gasteiger partial charge in [0.1, 0.15) is 16.9 Å². The molecule has 30 heavy (non-hydrogen) atoms. The van der Waals surface area contributed by atoms with Gasteiger partial charge in [0.05, 0.1) is 19.2 Å². The molecule has 2 unspecified atom stereocenters. The fourth-order valence-corrected chi connectivity index (χ4v) is 3.79. The highest BCUT2D eigenvalue weighted by atomic mass is 127. The Morgan fingerprint density at radius 2 is 2.00 bits per heavy atom. The normalized spacial score (nSPS) is 20.1. The number of halogens is 5. The van der Waals surface area contributed by atoms with Crippen molar-refractivity contribution in [3.63, 3.8) is 0 Å². The van der Waals surface area contributed by atoms with Gasteiger partial charge in [0.25, 0.3) is 0 Å². The molecule has 1 aliphatic rings. The van der Waals surface area contributed by atoms with Crippen LogP contribution in [0.3, 0.4) is 0 Å². The molecule has 1 aliphatic heterocycles. The largest absolute Gasteiger partial charge is 0.434 e. The monoisotopic (exact) mass is 558 g/mol. The van der Waals surface area contributed by atoms with Gasteiger partial charge in [-0.2, -0.15) is 13.2 Å². The lowest BCUT2D eigenvalue weighted by Gasteiger charge is -2.38. The van der Waals surface area contributed by atoms with Crippen LogP contribution < -0.4 is 5.32 Å². The zero-order valence-electron chi connectivity index (χ0n) is 16.4. The zero-order chi connectivity index (χ0) is 21.0. The zero-order valence-corrected chi connectivity index (χ0v) is 19.6. The summed E-state index contributed by atoms with van der Waals surface area (Å²) in [5, 5.41) is 4.47. The topological polar surface area (TPSA) is 49.8 Å². The number of nitrogens with one attached hydrogen (secondary N) is 1. The summed E-state index contributed by atoms with van der Waals surface area (Å²) >= 11 is 0.938. The number of alkyl halides is 3. The molecular formula is C19H23F4IN4OS. The Hall–Kier alpha value is -1.47.